The van der Waals surface area contributed by atoms with Gasteiger partial charge in [-0.2, -0.15) is 0 Å². The molecule has 1 aromatic rings. The van der Waals surface area contributed by atoms with Crippen molar-refractivity contribution in [2.24, 2.45) is 0 Å². The number of aromatic nitrogens is 2. The van der Waals surface area contributed by atoms with Crippen molar-refractivity contribution in [2.75, 3.05) is 24.2 Å². The van der Waals surface area contributed by atoms with E-state index in [1.54, 1.807) is 16.7 Å². The van der Waals surface area contributed by atoms with E-state index in [4.69, 9.17) is 4.74 Å². The zero-order chi connectivity index (χ0) is 14.8. The highest BCUT2D eigenvalue weighted by Crippen LogP contribution is 2.27. The fourth-order valence-electron chi connectivity index (χ4n) is 1.98. The average molecular weight is 316 g/mol. The highest BCUT2D eigenvalue weighted by atomic mass is 32.2. The van der Waals surface area contributed by atoms with Gasteiger partial charge in [0.25, 0.3) is 0 Å². The molecule has 2 heterocycles. The number of anilines is 1. The maximum Gasteiger partial charge on any atom is 0.324 e. The van der Waals surface area contributed by atoms with Crippen LogP contribution in [0, 0.1) is 0 Å². The Morgan fingerprint density at radius 2 is 2.35 bits per heavy atom. The molecule has 0 aliphatic carbocycles. The van der Waals surface area contributed by atoms with E-state index >= 15 is 0 Å². The van der Waals surface area contributed by atoms with Crippen LogP contribution in [0.1, 0.15) is 27.7 Å². The number of morpholine rings is 1. The number of urea groups is 1. The van der Waals surface area contributed by atoms with Crippen LogP contribution < -0.4 is 5.32 Å². The monoisotopic (exact) mass is 316 g/mol. The summed E-state index contributed by atoms with van der Waals surface area (Å²) in [4.78, 5) is 14.1. The molecule has 1 aromatic heterocycles. The summed E-state index contributed by atoms with van der Waals surface area (Å²) >= 11 is 3.02. The van der Waals surface area contributed by atoms with Crippen molar-refractivity contribution in [3.8, 4) is 0 Å². The lowest BCUT2D eigenvalue weighted by molar-refractivity contribution is -0.105. The quantitative estimate of drug-likeness (QED) is 0.686. The van der Waals surface area contributed by atoms with Gasteiger partial charge in [0.1, 0.15) is 0 Å². The smallest absolute Gasteiger partial charge is 0.324 e. The molecule has 0 aromatic carbocycles. The van der Waals surface area contributed by atoms with E-state index < -0.39 is 0 Å². The van der Waals surface area contributed by atoms with Gasteiger partial charge >= 0.3 is 6.03 Å². The summed E-state index contributed by atoms with van der Waals surface area (Å²) in [5.41, 5.74) is -0.333. The van der Waals surface area contributed by atoms with Crippen LogP contribution in [0.25, 0.3) is 0 Å². The van der Waals surface area contributed by atoms with Crippen LogP contribution >= 0.6 is 23.1 Å². The second-order valence-electron chi connectivity index (χ2n) is 5.06. The Kier molecular flexibility index (Phi) is 4.87. The number of carbonyl (C=O) groups excluding carboxylic acids is 1. The number of carbonyl (C=O) groups is 1. The summed E-state index contributed by atoms with van der Waals surface area (Å²) in [6.07, 6.45) is 0. The minimum atomic E-state index is -0.333. The van der Waals surface area contributed by atoms with Crippen molar-refractivity contribution in [3.63, 3.8) is 0 Å². The van der Waals surface area contributed by atoms with E-state index in [-0.39, 0.29) is 17.7 Å². The summed E-state index contributed by atoms with van der Waals surface area (Å²) in [6, 6.07) is -0.133. The number of nitrogens with zero attached hydrogens (tertiary/aromatic N) is 3. The van der Waals surface area contributed by atoms with Crippen LogP contribution in [-0.4, -0.2) is 51.7 Å². The lowest BCUT2D eigenvalue weighted by atomic mass is 9.97. The maximum absolute atomic E-state index is 12.3. The van der Waals surface area contributed by atoms with Crippen molar-refractivity contribution < 1.29 is 9.53 Å². The minimum absolute atomic E-state index is 0.00802. The number of thioether (sulfide) groups is 1. The molecular weight excluding hydrogens is 296 g/mol. The Balaban J connectivity index is 2.00. The third-order valence-electron chi connectivity index (χ3n) is 3.43. The van der Waals surface area contributed by atoms with Crippen molar-refractivity contribution in [1.29, 1.82) is 0 Å². The molecule has 6 nitrogen and oxygen atoms in total. The van der Waals surface area contributed by atoms with Gasteiger partial charge in [-0.25, -0.2) is 4.79 Å². The third-order valence-corrected chi connectivity index (χ3v) is 5.28. The molecule has 112 valence electrons. The number of hydrogen-bond acceptors (Lipinski definition) is 6. The Hall–Kier alpha value is -0.860. The number of rotatable bonds is 3. The van der Waals surface area contributed by atoms with Crippen LogP contribution in [0.2, 0.25) is 0 Å². The van der Waals surface area contributed by atoms with E-state index in [0.29, 0.717) is 18.3 Å². The van der Waals surface area contributed by atoms with E-state index in [9.17, 15) is 4.79 Å². The maximum atomic E-state index is 12.3. The molecule has 1 aliphatic heterocycles. The van der Waals surface area contributed by atoms with Crippen LogP contribution in [0.5, 0.6) is 0 Å². The summed E-state index contributed by atoms with van der Waals surface area (Å²) in [7, 11) is 0. The second kappa shape index (κ2) is 6.28. The molecule has 2 amide bonds. The molecule has 1 saturated heterocycles. The predicted octanol–water partition coefficient (Wildman–Crippen LogP) is 2.68. The van der Waals surface area contributed by atoms with Gasteiger partial charge in [0.2, 0.25) is 5.13 Å². The van der Waals surface area contributed by atoms with Crippen LogP contribution in [0.3, 0.4) is 0 Å². The lowest BCUT2D eigenvalue weighted by Crippen LogP contribution is -2.58. The molecule has 1 aliphatic rings. The fourth-order valence-corrected chi connectivity index (χ4v) is 3.62. The molecule has 1 fully saturated rings. The first-order chi connectivity index (χ1) is 9.44. The van der Waals surface area contributed by atoms with E-state index in [1.807, 2.05) is 20.8 Å². The third kappa shape index (κ3) is 3.42. The summed E-state index contributed by atoms with van der Waals surface area (Å²) in [6.45, 7) is 9.19. The molecule has 0 saturated carbocycles. The Bertz CT molecular complexity index is 478. The van der Waals surface area contributed by atoms with Gasteiger partial charge in [0, 0.05) is 6.54 Å². The van der Waals surface area contributed by atoms with Gasteiger partial charge < -0.3 is 9.64 Å². The van der Waals surface area contributed by atoms with Crippen LogP contribution in [0.15, 0.2) is 4.34 Å². The van der Waals surface area contributed by atoms with Crippen LogP contribution in [-0.2, 0) is 4.74 Å². The molecule has 8 heteroatoms. The predicted molar refractivity (Wildman–Crippen MR) is 81.5 cm³/mol. The van der Waals surface area contributed by atoms with Gasteiger partial charge in [0.05, 0.1) is 18.2 Å². The number of ether oxygens (including phenoxy) is 1. The number of hydrogen-bond donors (Lipinski definition) is 1. The van der Waals surface area contributed by atoms with Crippen molar-refractivity contribution in [3.05, 3.63) is 0 Å². The van der Waals surface area contributed by atoms with Crippen molar-refractivity contribution in [2.45, 2.75) is 43.7 Å². The molecule has 1 unspecified atom stereocenters. The zero-order valence-corrected chi connectivity index (χ0v) is 13.8. The summed E-state index contributed by atoms with van der Waals surface area (Å²) in [5, 5.41) is 11.4. The first-order valence-corrected chi connectivity index (χ1v) is 8.42. The Morgan fingerprint density at radius 1 is 1.60 bits per heavy atom. The molecule has 1 atom stereocenters. The molecule has 1 N–H and O–H groups in total. The van der Waals surface area contributed by atoms with E-state index in [2.05, 4.69) is 22.4 Å². The molecule has 2 rings (SSSR count). The Labute approximate surface area is 127 Å². The Morgan fingerprint density at radius 3 is 3.05 bits per heavy atom. The highest BCUT2D eigenvalue weighted by molar-refractivity contribution is 8.01. The number of nitrogens with one attached hydrogen (secondary N) is 1. The SMILES string of the molecule is CCSc1nnc(NC(=O)N2CCOC(C)(C)C2C)s1. The fraction of sp³-hybridized carbons (Fsp3) is 0.750. The second-order valence-corrected chi connectivity index (χ2v) is 7.55. The first kappa shape index (κ1) is 15.5. The summed E-state index contributed by atoms with van der Waals surface area (Å²) in [5.74, 6) is 0.942. The van der Waals surface area contributed by atoms with E-state index in [1.165, 1.54) is 11.3 Å². The van der Waals surface area contributed by atoms with Gasteiger partial charge in [-0.05, 0) is 26.5 Å². The minimum Gasteiger partial charge on any atom is -0.372 e. The normalized spacial score (nSPS) is 21.8. The van der Waals surface area contributed by atoms with E-state index in [0.717, 1.165) is 10.1 Å². The molecule has 20 heavy (non-hydrogen) atoms. The molecular formula is C12H20N4O2S2. The molecule has 0 bridgehead atoms. The first-order valence-electron chi connectivity index (χ1n) is 6.62. The highest BCUT2D eigenvalue weighted by Gasteiger charge is 2.38. The lowest BCUT2D eigenvalue weighted by Gasteiger charge is -2.44. The molecule has 0 spiro atoms. The largest absolute Gasteiger partial charge is 0.372 e. The topological polar surface area (TPSA) is 67.4 Å². The van der Waals surface area contributed by atoms with Crippen molar-refractivity contribution >= 4 is 34.3 Å². The van der Waals surface area contributed by atoms with Crippen molar-refractivity contribution in [1.82, 2.24) is 15.1 Å². The van der Waals surface area contributed by atoms with Gasteiger partial charge in [-0.15, -0.1) is 10.2 Å². The molecule has 0 radical (unpaired) electrons. The average Bonchev–Trinajstić information content (AvgIpc) is 2.80. The van der Waals surface area contributed by atoms with Gasteiger partial charge in [0.15, 0.2) is 4.34 Å². The van der Waals surface area contributed by atoms with Crippen LogP contribution in [0.4, 0.5) is 9.93 Å². The number of amides is 2. The zero-order valence-electron chi connectivity index (χ0n) is 12.2. The van der Waals surface area contributed by atoms with Gasteiger partial charge in [-0.3, -0.25) is 5.32 Å². The summed E-state index contributed by atoms with van der Waals surface area (Å²) < 4.78 is 6.57. The van der Waals surface area contributed by atoms with Gasteiger partial charge in [-0.1, -0.05) is 30.0 Å². The standard InChI is InChI=1S/C12H20N4O2S2/c1-5-19-11-15-14-9(20-11)13-10(17)16-6-7-18-12(3,4)8(16)2/h8H,5-7H2,1-4H3,(H,13,14,17).